The summed E-state index contributed by atoms with van der Waals surface area (Å²) in [4.78, 5) is 8.00. The first kappa shape index (κ1) is 21.3. The molecule has 0 amide bonds. The second-order valence-corrected chi connectivity index (χ2v) is 0. The maximum Gasteiger partial charge on any atom is 0.106 e. The molecule has 1 nitrogen and oxygen atoms in total. The van der Waals surface area contributed by atoms with E-state index in [0.29, 0.717) is 0 Å². The summed E-state index contributed by atoms with van der Waals surface area (Å²) < 4.78 is 0. The van der Waals surface area contributed by atoms with Gasteiger partial charge < -0.3 is 4.79 Å². The Morgan fingerprint density at radius 3 is 1.25 bits per heavy atom. The van der Waals surface area contributed by atoms with Crippen LogP contribution in [0.15, 0.2) is 0 Å². The Labute approximate surface area is 48.4 Å². The summed E-state index contributed by atoms with van der Waals surface area (Å²) in [6, 6.07) is 0. The standard InChI is InChI=1S/CH2O.Cu.Zn/c1-2;;/h1H2;;. The van der Waals surface area contributed by atoms with Gasteiger partial charge in [-0.15, -0.1) is 0 Å². The van der Waals surface area contributed by atoms with E-state index < -0.39 is 0 Å². The van der Waals surface area contributed by atoms with Gasteiger partial charge in [-0.25, -0.2) is 0 Å². The minimum Gasteiger partial charge on any atom is -0.307 e. The van der Waals surface area contributed by atoms with Crippen LogP contribution in [0.5, 0.6) is 0 Å². The van der Waals surface area contributed by atoms with Gasteiger partial charge in [-0.3, -0.25) is 0 Å². The van der Waals surface area contributed by atoms with Gasteiger partial charge in [0.2, 0.25) is 0 Å². The molecule has 0 aliphatic heterocycles. The molecule has 0 aromatic heterocycles. The second kappa shape index (κ2) is 45.7. The van der Waals surface area contributed by atoms with E-state index in [1.807, 2.05) is 6.79 Å². The summed E-state index contributed by atoms with van der Waals surface area (Å²) in [7, 11) is 0. The number of carbonyl (C=O) groups excluding carboxylic acids is 1. The first-order valence-corrected chi connectivity index (χ1v) is 0.289. The third-order valence-corrected chi connectivity index (χ3v) is 0. The zero-order valence-electron chi connectivity index (χ0n) is 2.12. The minimum atomic E-state index is 0. The van der Waals surface area contributed by atoms with Gasteiger partial charge >= 0.3 is 0 Å². The van der Waals surface area contributed by atoms with Gasteiger partial charge in [-0.1, -0.05) is 0 Å². The third kappa shape index (κ3) is 14.0. The molecular weight excluding hydrogens is 157 g/mol. The van der Waals surface area contributed by atoms with E-state index in [1.165, 1.54) is 0 Å². The number of hydrogen-bond donors (Lipinski definition) is 0. The van der Waals surface area contributed by atoms with E-state index in [9.17, 15) is 0 Å². The molecule has 0 saturated carbocycles. The van der Waals surface area contributed by atoms with Crippen molar-refractivity contribution in [1.29, 1.82) is 0 Å². The number of hydrogen-bond acceptors (Lipinski definition) is 1. The van der Waals surface area contributed by atoms with Crippen LogP contribution in [0.1, 0.15) is 0 Å². The van der Waals surface area contributed by atoms with Crippen LogP contribution in [0.25, 0.3) is 0 Å². The summed E-state index contributed by atoms with van der Waals surface area (Å²) in [6.45, 7) is 2.00. The van der Waals surface area contributed by atoms with E-state index in [1.54, 1.807) is 0 Å². The van der Waals surface area contributed by atoms with Crippen molar-refractivity contribution >= 4 is 6.79 Å². The third-order valence-electron chi connectivity index (χ3n) is 0. The minimum absolute atomic E-state index is 0. The maximum absolute atomic E-state index is 8.00. The van der Waals surface area contributed by atoms with Crippen LogP contribution in [-0.2, 0) is 41.3 Å². The smallest absolute Gasteiger partial charge is 0.106 e. The molecule has 4 heavy (non-hydrogen) atoms. The van der Waals surface area contributed by atoms with Crippen molar-refractivity contribution in [2.24, 2.45) is 0 Å². The Morgan fingerprint density at radius 1 is 1.25 bits per heavy atom. The molecule has 0 aliphatic rings. The van der Waals surface area contributed by atoms with Gasteiger partial charge in [0.1, 0.15) is 6.79 Å². The molecule has 0 unspecified atom stereocenters. The van der Waals surface area contributed by atoms with Crippen molar-refractivity contribution in [3.05, 3.63) is 0 Å². The predicted molar refractivity (Wildman–Crippen MR) is 7.12 cm³/mol. The van der Waals surface area contributed by atoms with Crippen LogP contribution in [0.4, 0.5) is 0 Å². The number of carbonyl (C=O) groups is 1. The molecule has 0 heterocycles. The SMILES string of the molecule is C=O.[Cu].[Zn]. The van der Waals surface area contributed by atoms with Crippen molar-refractivity contribution in [3.8, 4) is 0 Å². The van der Waals surface area contributed by atoms with Crippen LogP contribution >= 0.6 is 0 Å². The fraction of sp³-hybridized carbons (Fsp3) is 0. The Hall–Kier alpha value is 0.813. The molecule has 0 aromatic carbocycles. The summed E-state index contributed by atoms with van der Waals surface area (Å²) in [6.07, 6.45) is 0. The average molecular weight is 159 g/mol. The molecule has 3 heteroatoms. The van der Waals surface area contributed by atoms with Crippen LogP contribution < -0.4 is 0 Å². The number of rotatable bonds is 0. The molecule has 0 spiro atoms. The normalized spacial score (nSPS) is 1.00. The first-order valence-electron chi connectivity index (χ1n) is 0.289. The topological polar surface area (TPSA) is 17.1 Å². The summed E-state index contributed by atoms with van der Waals surface area (Å²) in [5, 5.41) is 0. The summed E-state index contributed by atoms with van der Waals surface area (Å²) in [5.41, 5.74) is 0. The maximum atomic E-state index is 8.00. The first-order chi connectivity index (χ1) is 1.00. The monoisotopic (exact) mass is 157 g/mol. The van der Waals surface area contributed by atoms with E-state index in [4.69, 9.17) is 4.79 Å². The van der Waals surface area contributed by atoms with Crippen molar-refractivity contribution in [2.45, 2.75) is 0 Å². The van der Waals surface area contributed by atoms with Gasteiger partial charge in [0.25, 0.3) is 0 Å². The van der Waals surface area contributed by atoms with Crippen LogP contribution in [0.2, 0.25) is 0 Å². The quantitative estimate of drug-likeness (QED) is 0.447. The van der Waals surface area contributed by atoms with Gasteiger partial charge in [-0.05, 0) is 0 Å². The van der Waals surface area contributed by atoms with Crippen molar-refractivity contribution < 1.29 is 41.3 Å². The Bertz CT molecular complexity index is 8.00. The molecule has 0 fully saturated rings. The van der Waals surface area contributed by atoms with Crippen LogP contribution in [0, 0.1) is 0 Å². The average Bonchev–Trinajstić information content (AvgIpc) is 1.00. The van der Waals surface area contributed by atoms with E-state index in [-0.39, 0.29) is 36.5 Å². The molecule has 0 rings (SSSR count). The van der Waals surface area contributed by atoms with Crippen molar-refractivity contribution in [1.82, 2.24) is 0 Å². The Balaban J connectivity index is -0.00000000500. The Kier molecular flexibility index (Phi) is 243. The van der Waals surface area contributed by atoms with Crippen LogP contribution in [0.3, 0.4) is 0 Å². The van der Waals surface area contributed by atoms with Gasteiger partial charge in [0.15, 0.2) is 0 Å². The molecule has 0 aromatic rings. The van der Waals surface area contributed by atoms with Crippen LogP contribution in [-0.4, -0.2) is 6.79 Å². The van der Waals surface area contributed by atoms with Gasteiger partial charge in [0, 0.05) is 36.5 Å². The zero-order chi connectivity index (χ0) is 2.00. The molecule has 1 radical (unpaired) electrons. The molecule has 0 atom stereocenters. The second-order valence-electron chi connectivity index (χ2n) is 0. The molecular formula is CH2CuOZn. The van der Waals surface area contributed by atoms with Crippen molar-refractivity contribution in [2.75, 3.05) is 0 Å². The van der Waals surface area contributed by atoms with Gasteiger partial charge in [-0.2, -0.15) is 0 Å². The zero-order valence-corrected chi connectivity index (χ0v) is 6.03. The fourth-order valence-electron chi connectivity index (χ4n) is 0. The van der Waals surface area contributed by atoms with Crippen molar-refractivity contribution in [3.63, 3.8) is 0 Å². The molecule has 25 valence electrons. The van der Waals surface area contributed by atoms with Gasteiger partial charge in [0.05, 0.1) is 0 Å². The van der Waals surface area contributed by atoms with E-state index >= 15 is 0 Å². The largest absolute Gasteiger partial charge is 0.307 e. The van der Waals surface area contributed by atoms with E-state index in [0.717, 1.165) is 0 Å². The molecule has 0 N–H and O–H groups in total. The molecule has 0 saturated heterocycles. The molecule has 0 bridgehead atoms. The summed E-state index contributed by atoms with van der Waals surface area (Å²) in [5.74, 6) is 0. The summed E-state index contributed by atoms with van der Waals surface area (Å²) >= 11 is 0. The fourth-order valence-corrected chi connectivity index (χ4v) is 0. The predicted octanol–water partition coefficient (Wildman–Crippen LogP) is -0.190. The van der Waals surface area contributed by atoms with E-state index in [2.05, 4.69) is 0 Å². The Morgan fingerprint density at radius 2 is 1.25 bits per heavy atom. The molecule has 0 aliphatic carbocycles.